The van der Waals surface area contributed by atoms with Crippen LogP contribution in [-0.2, 0) is 14.2 Å². The van der Waals surface area contributed by atoms with Gasteiger partial charge in [-0.05, 0) is 36.4 Å². The predicted molar refractivity (Wildman–Crippen MR) is 136 cm³/mol. The van der Waals surface area contributed by atoms with Crippen LogP contribution in [-0.4, -0.2) is 79.7 Å². The van der Waals surface area contributed by atoms with Gasteiger partial charge in [-0.25, -0.2) is 9.67 Å². The van der Waals surface area contributed by atoms with Crippen molar-refractivity contribution in [1.29, 1.82) is 0 Å². The van der Waals surface area contributed by atoms with Crippen LogP contribution in [0.25, 0.3) is 16.7 Å². The third-order valence-corrected chi connectivity index (χ3v) is 5.54. The predicted octanol–water partition coefficient (Wildman–Crippen LogP) is 3.39. The van der Waals surface area contributed by atoms with E-state index >= 15 is 0 Å². The summed E-state index contributed by atoms with van der Waals surface area (Å²) in [6.07, 6.45) is 3.47. The zero-order valence-electron chi connectivity index (χ0n) is 20.6. The molecule has 0 radical (unpaired) electrons. The van der Waals surface area contributed by atoms with E-state index in [-0.39, 0.29) is 0 Å². The molecular weight excluding hydrogens is 478 g/mol. The first-order valence-electron chi connectivity index (χ1n) is 12.1. The molecule has 5 rings (SSSR count). The van der Waals surface area contributed by atoms with Gasteiger partial charge in [-0.2, -0.15) is 10.1 Å². The number of nitrogens with zero attached hydrogens (tertiary/aromatic N) is 4. The summed E-state index contributed by atoms with van der Waals surface area (Å²) >= 11 is 0. The molecule has 0 atom stereocenters. The quantitative estimate of drug-likeness (QED) is 0.441. The van der Waals surface area contributed by atoms with Crippen molar-refractivity contribution in [3.63, 3.8) is 0 Å². The third kappa shape index (κ3) is 6.45. The summed E-state index contributed by atoms with van der Waals surface area (Å²) in [6.45, 7) is 3.72. The van der Waals surface area contributed by atoms with E-state index in [9.17, 15) is 0 Å². The number of benzene rings is 2. The molecule has 1 N–H and O–H groups in total. The monoisotopic (exact) mass is 507 g/mol. The van der Waals surface area contributed by atoms with E-state index < -0.39 is 0 Å². The van der Waals surface area contributed by atoms with Crippen molar-refractivity contribution in [2.45, 2.75) is 0 Å². The van der Waals surface area contributed by atoms with Gasteiger partial charge in [0.1, 0.15) is 19.0 Å². The largest absolute Gasteiger partial charge is 0.497 e. The van der Waals surface area contributed by atoms with Crippen LogP contribution in [0, 0.1) is 0 Å². The Balaban J connectivity index is 1.34. The maximum Gasteiger partial charge on any atom is 0.229 e. The molecule has 0 aliphatic carbocycles. The summed E-state index contributed by atoms with van der Waals surface area (Å²) < 4.78 is 35.4. The first kappa shape index (κ1) is 24.8. The second kappa shape index (κ2) is 12.3. The fourth-order valence-electron chi connectivity index (χ4n) is 3.70. The Labute approximate surface area is 214 Å². The van der Waals surface area contributed by atoms with Gasteiger partial charge < -0.3 is 33.7 Å². The smallest absolute Gasteiger partial charge is 0.229 e. The molecule has 0 spiro atoms. The highest BCUT2D eigenvalue weighted by atomic mass is 16.6. The zero-order valence-corrected chi connectivity index (χ0v) is 20.6. The van der Waals surface area contributed by atoms with Gasteiger partial charge in [0.15, 0.2) is 17.1 Å². The van der Waals surface area contributed by atoms with Gasteiger partial charge in [-0.3, -0.25) is 0 Å². The molecule has 1 aliphatic rings. The number of ether oxygens (including phenoxy) is 6. The Bertz CT molecular complexity index is 1300. The topological polar surface area (TPSA) is 111 Å². The van der Waals surface area contributed by atoms with Gasteiger partial charge in [0, 0.05) is 18.0 Å². The molecule has 0 amide bonds. The summed E-state index contributed by atoms with van der Waals surface area (Å²) in [5.74, 6) is 2.41. The molecule has 2 aromatic carbocycles. The Morgan fingerprint density at radius 1 is 0.784 bits per heavy atom. The lowest BCUT2D eigenvalue weighted by molar-refractivity contribution is 0.00708. The molecule has 0 bridgehead atoms. The van der Waals surface area contributed by atoms with Gasteiger partial charge in [-0.1, -0.05) is 0 Å². The van der Waals surface area contributed by atoms with Crippen LogP contribution in [0.1, 0.15) is 0 Å². The summed E-state index contributed by atoms with van der Waals surface area (Å²) in [7, 11) is 1.64. The Kier molecular flexibility index (Phi) is 8.26. The van der Waals surface area contributed by atoms with Crippen LogP contribution in [0.15, 0.2) is 54.9 Å². The van der Waals surface area contributed by atoms with Crippen molar-refractivity contribution in [3.05, 3.63) is 54.9 Å². The Morgan fingerprint density at radius 3 is 2.16 bits per heavy atom. The van der Waals surface area contributed by atoms with Crippen LogP contribution in [0.3, 0.4) is 0 Å². The summed E-state index contributed by atoms with van der Waals surface area (Å²) in [6, 6.07) is 13.2. The molecule has 37 heavy (non-hydrogen) atoms. The van der Waals surface area contributed by atoms with E-state index in [1.807, 2.05) is 42.5 Å². The summed E-state index contributed by atoms with van der Waals surface area (Å²) in [5.41, 5.74) is 2.30. The summed E-state index contributed by atoms with van der Waals surface area (Å²) in [4.78, 5) is 9.14. The number of anilines is 2. The molecule has 0 unspecified atom stereocenters. The Hall–Kier alpha value is -3.93. The number of methoxy groups -OCH3 is 1. The van der Waals surface area contributed by atoms with Crippen molar-refractivity contribution in [2.24, 2.45) is 0 Å². The molecule has 3 heterocycles. The van der Waals surface area contributed by atoms with Crippen LogP contribution in [0.4, 0.5) is 11.6 Å². The maximum atomic E-state index is 5.96. The van der Waals surface area contributed by atoms with Gasteiger partial charge in [0.2, 0.25) is 5.95 Å². The highest BCUT2D eigenvalue weighted by Crippen LogP contribution is 2.32. The van der Waals surface area contributed by atoms with Crippen LogP contribution < -0.4 is 19.5 Å². The average molecular weight is 508 g/mol. The first-order valence-corrected chi connectivity index (χ1v) is 12.1. The lowest BCUT2D eigenvalue weighted by atomic mass is 10.2. The normalized spacial score (nSPS) is 15.5. The zero-order chi connectivity index (χ0) is 25.3. The minimum atomic E-state index is 0.375. The van der Waals surface area contributed by atoms with Gasteiger partial charge in [-0.15, -0.1) is 0 Å². The van der Waals surface area contributed by atoms with E-state index in [4.69, 9.17) is 33.4 Å². The van der Waals surface area contributed by atoms with E-state index in [2.05, 4.69) is 15.4 Å². The Morgan fingerprint density at radius 2 is 1.46 bits per heavy atom. The number of hydrogen-bond acceptors (Lipinski definition) is 10. The molecule has 194 valence electrons. The second-order valence-electron chi connectivity index (χ2n) is 8.05. The standard InChI is InChI=1S/C26H29N5O6/c1-32-22-5-3-21(4-6-22)31-25-19(18-28-31)17-27-26(30-25)29-20-2-7-23-24(16-20)37-15-13-35-11-9-33-8-10-34-12-14-36-23/h2-7,16-18H,8-15H2,1H3,(H,27,29,30). The van der Waals surface area contributed by atoms with Crippen LogP contribution >= 0.6 is 0 Å². The van der Waals surface area contributed by atoms with Crippen molar-refractivity contribution < 1.29 is 28.4 Å². The van der Waals surface area contributed by atoms with E-state index in [1.165, 1.54) is 0 Å². The van der Waals surface area contributed by atoms with Crippen LogP contribution in [0.2, 0.25) is 0 Å². The molecule has 4 aromatic rings. The average Bonchev–Trinajstić information content (AvgIpc) is 3.34. The molecule has 1 aliphatic heterocycles. The lowest BCUT2D eigenvalue weighted by Gasteiger charge is -2.15. The van der Waals surface area contributed by atoms with E-state index in [0.717, 1.165) is 22.5 Å². The minimum Gasteiger partial charge on any atom is -0.497 e. The molecule has 2 aromatic heterocycles. The number of aromatic nitrogens is 4. The fraction of sp³-hybridized carbons (Fsp3) is 0.346. The number of hydrogen-bond donors (Lipinski definition) is 1. The molecule has 11 nitrogen and oxygen atoms in total. The molecular formula is C26H29N5O6. The highest BCUT2D eigenvalue weighted by Gasteiger charge is 2.12. The third-order valence-electron chi connectivity index (χ3n) is 5.54. The van der Waals surface area contributed by atoms with E-state index in [0.29, 0.717) is 75.9 Å². The number of rotatable bonds is 4. The fourth-order valence-corrected chi connectivity index (χ4v) is 3.70. The second-order valence-corrected chi connectivity index (χ2v) is 8.05. The van der Waals surface area contributed by atoms with Gasteiger partial charge in [0.05, 0.1) is 64.0 Å². The number of nitrogens with one attached hydrogen (secondary N) is 1. The highest BCUT2D eigenvalue weighted by molar-refractivity contribution is 5.77. The minimum absolute atomic E-state index is 0.375. The van der Waals surface area contributed by atoms with Crippen molar-refractivity contribution >= 4 is 22.7 Å². The van der Waals surface area contributed by atoms with Crippen LogP contribution in [0.5, 0.6) is 17.2 Å². The van der Waals surface area contributed by atoms with E-state index in [1.54, 1.807) is 24.2 Å². The van der Waals surface area contributed by atoms with Gasteiger partial charge >= 0.3 is 0 Å². The molecule has 0 saturated carbocycles. The summed E-state index contributed by atoms with van der Waals surface area (Å²) in [5, 5.41) is 8.55. The molecule has 0 fully saturated rings. The number of fused-ring (bicyclic) bond motifs is 2. The molecule has 11 heteroatoms. The van der Waals surface area contributed by atoms with Crippen molar-refractivity contribution in [2.75, 3.05) is 65.3 Å². The van der Waals surface area contributed by atoms with Crippen molar-refractivity contribution in [3.8, 4) is 22.9 Å². The molecule has 0 saturated heterocycles. The lowest BCUT2D eigenvalue weighted by Crippen LogP contribution is -2.13. The van der Waals surface area contributed by atoms with Gasteiger partial charge in [0.25, 0.3) is 0 Å². The first-order chi connectivity index (χ1) is 18.3. The maximum absolute atomic E-state index is 5.96. The SMILES string of the molecule is COc1ccc(-n2ncc3cnc(Nc4ccc5c(c4)OCCOCCOCCOCCO5)nc32)cc1. The van der Waals surface area contributed by atoms with Crippen molar-refractivity contribution in [1.82, 2.24) is 19.7 Å².